The van der Waals surface area contributed by atoms with Gasteiger partial charge in [-0.2, -0.15) is 0 Å². The third-order valence-electron chi connectivity index (χ3n) is 3.99. The van der Waals surface area contributed by atoms with Crippen LogP contribution in [0.1, 0.15) is 22.8 Å². The van der Waals surface area contributed by atoms with E-state index in [0.717, 1.165) is 12.1 Å². The quantitative estimate of drug-likeness (QED) is 0.573. The molecule has 1 aromatic heterocycles. The molecular formula is C20H21N5O2S. The molecule has 1 heterocycles. The van der Waals surface area contributed by atoms with Gasteiger partial charge in [-0.25, -0.2) is 0 Å². The molecule has 28 heavy (non-hydrogen) atoms. The van der Waals surface area contributed by atoms with Gasteiger partial charge in [0, 0.05) is 13.1 Å². The van der Waals surface area contributed by atoms with E-state index in [1.807, 2.05) is 41.8 Å². The minimum atomic E-state index is -0.238. The summed E-state index contributed by atoms with van der Waals surface area (Å²) in [5.74, 6) is -0.268. The predicted octanol–water partition coefficient (Wildman–Crippen LogP) is 2.96. The SMILES string of the molecule is CCn1cnnc1SCC(=O)Nc1ccccc1C(=O)NCc1ccccc1. The number of para-hydroxylation sites is 1. The van der Waals surface area contributed by atoms with Crippen LogP contribution in [0, 0.1) is 0 Å². The Balaban J connectivity index is 1.59. The highest BCUT2D eigenvalue weighted by molar-refractivity contribution is 7.99. The number of hydrogen-bond acceptors (Lipinski definition) is 5. The molecule has 144 valence electrons. The zero-order valence-electron chi connectivity index (χ0n) is 15.5. The Labute approximate surface area is 167 Å². The van der Waals surface area contributed by atoms with E-state index in [2.05, 4.69) is 20.8 Å². The molecule has 0 aliphatic rings. The minimum Gasteiger partial charge on any atom is -0.348 e. The molecule has 2 N–H and O–H groups in total. The number of hydrogen-bond donors (Lipinski definition) is 2. The Hall–Kier alpha value is -3.13. The Morgan fingerprint density at radius 1 is 1.07 bits per heavy atom. The fraction of sp³-hybridized carbons (Fsp3) is 0.200. The monoisotopic (exact) mass is 395 g/mol. The fourth-order valence-corrected chi connectivity index (χ4v) is 3.33. The average molecular weight is 395 g/mol. The summed E-state index contributed by atoms with van der Waals surface area (Å²) < 4.78 is 1.86. The maximum atomic E-state index is 12.6. The van der Waals surface area contributed by atoms with Crippen LogP contribution < -0.4 is 10.6 Å². The smallest absolute Gasteiger partial charge is 0.253 e. The van der Waals surface area contributed by atoms with Gasteiger partial charge in [0.25, 0.3) is 5.91 Å². The standard InChI is InChI=1S/C20H21N5O2S/c1-2-25-14-22-24-20(25)28-13-18(26)23-17-11-7-6-10-16(17)19(27)21-12-15-8-4-3-5-9-15/h3-11,14H,2,12-13H2,1H3,(H,21,27)(H,23,26). The number of carbonyl (C=O) groups excluding carboxylic acids is 2. The maximum absolute atomic E-state index is 12.6. The van der Waals surface area contributed by atoms with Crippen molar-refractivity contribution in [2.45, 2.75) is 25.2 Å². The van der Waals surface area contributed by atoms with Gasteiger partial charge in [0.15, 0.2) is 5.16 Å². The third-order valence-corrected chi connectivity index (χ3v) is 4.98. The summed E-state index contributed by atoms with van der Waals surface area (Å²) in [5, 5.41) is 14.2. The molecule has 2 amide bonds. The number of amides is 2. The molecule has 0 fully saturated rings. The largest absolute Gasteiger partial charge is 0.348 e. The van der Waals surface area contributed by atoms with Crippen molar-refractivity contribution < 1.29 is 9.59 Å². The fourth-order valence-electron chi connectivity index (χ4n) is 2.55. The number of nitrogens with zero attached hydrogens (tertiary/aromatic N) is 3. The van der Waals surface area contributed by atoms with Crippen LogP contribution in [-0.4, -0.2) is 32.3 Å². The molecule has 0 saturated heterocycles. The van der Waals surface area contributed by atoms with Crippen molar-refractivity contribution >= 4 is 29.3 Å². The van der Waals surface area contributed by atoms with Crippen molar-refractivity contribution in [2.75, 3.05) is 11.1 Å². The lowest BCUT2D eigenvalue weighted by atomic mass is 10.1. The maximum Gasteiger partial charge on any atom is 0.253 e. The molecule has 0 unspecified atom stereocenters. The summed E-state index contributed by atoms with van der Waals surface area (Å²) in [6, 6.07) is 16.6. The summed E-state index contributed by atoms with van der Waals surface area (Å²) in [6.45, 7) is 3.14. The molecule has 0 saturated carbocycles. The van der Waals surface area contributed by atoms with Crippen molar-refractivity contribution in [3.8, 4) is 0 Å². The Morgan fingerprint density at radius 3 is 2.61 bits per heavy atom. The van der Waals surface area contributed by atoms with Gasteiger partial charge in [-0.3, -0.25) is 9.59 Å². The number of rotatable bonds is 8. The van der Waals surface area contributed by atoms with Gasteiger partial charge in [-0.1, -0.05) is 54.2 Å². The lowest BCUT2D eigenvalue weighted by Gasteiger charge is -2.11. The second kappa shape index (κ2) is 9.70. The highest BCUT2D eigenvalue weighted by atomic mass is 32.2. The van der Waals surface area contributed by atoms with E-state index in [4.69, 9.17) is 0 Å². The van der Waals surface area contributed by atoms with E-state index >= 15 is 0 Å². The third kappa shape index (κ3) is 5.20. The van der Waals surface area contributed by atoms with Crippen molar-refractivity contribution in [3.05, 3.63) is 72.1 Å². The highest BCUT2D eigenvalue weighted by Crippen LogP contribution is 2.18. The van der Waals surface area contributed by atoms with Gasteiger partial charge < -0.3 is 15.2 Å². The van der Waals surface area contributed by atoms with Crippen LogP contribution in [0.15, 0.2) is 66.1 Å². The summed E-state index contributed by atoms with van der Waals surface area (Å²) in [6.07, 6.45) is 1.63. The molecule has 0 aliphatic heterocycles. The van der Waals surface area contributed by atoms with E-state index in [-0.39, 0.29) is 17.6 Å². The Morgan fingerprint density at radius 2 is 1.82 bits per heavy atom. The molecule has 0 spiro atoms. The van der Waals surface area contributed by atoms with Crippen LogP contribution in [0.3, 0.4) is 0 Å². The molecule has 3 rings (SSSR count). The molecule has 0 atom stereocenters. The van der Waals surface area contributed by atoms with E-state index in [9.17, 15) is 9.59 Å². The van der Waals surface area contributed by atoms with Crippen LogP contribution in [0.4, 0.5) is 5.69 Å². The van der Waals surface area contributed by atoms with E-state index in [0.29, 0.717) is 23.0 Å². The number of nitrogens with one attached hydrogen (secondary N) is 2. The summed E-state index contributed by atoms with van der Waals surface area (Å²) in [4.78, 5) is 24.9. The first-order valence-corrected chi connectivity index (χ1v) is 9.87. The van der Waals surface area contributed by atoms with Gasteiger partial charge in [0.1, 0.15) is 6.33 Å². The molecule has 3 aromatic rings. The molecule has 8 heteroatoms. The molecule has 0 aliphatic carbocycles. The first-order valence-electron chi connectivity index (χ1n) is 8.89. The van der Waals surface area contributed by atoms with Crippen LogP contribution in [0.2, 0.25) is 0 Å². The van der Waals surface area contributed by atoms with Crippen molar-refractivity contribution in [3.63, 3.8) is 0 Å². The summed E-state index contributed by atoms with van der Waals surface area (Å²) in [7, 11) is 0. The normalized spacial score (nSPS) is 10.5. The zero-order chi connectivity index (χ0) is 19.8. The van der Waals surface area contributed by atoms with Gasteiger partial charge in [-0.05, 0) is 24.6 Å². The Bertz CT molecular complexity index is 943. The van der Waals surface area contributed by atoms with E-state index in [1.54, 1.807) is 30.6 Å². The van der Waals surface area contributed by atoms with Gasteiger partial charge in [-0.15, -0.1) is 10.2 Å². The average Bonchev–Trinajstić information content (AvgIpc) is 3.19. The number of aromatic nitrogens is 3. The van der Waals surface area contributed by atoms with Crippen LogP contribution in [-0.2, 0) is 17.9 Å². The first kappa shape index (κ1) is 19.6. The topological polar surface area (TPSA) is 88.9 Å². The number of anilines is 1. The van der Waals surface area contributed by atoms with Gasteiger partial charge in [0.2, 0.25) is 5.91 Å². The molecular weight excluding hydrogens is 374 g/mol. The number of thioether (sulfide) groups is 1. The number of benzene rings is 2. The van der Waals surface area contributed by atoms with Crippen LogP contribution in [0.5, 0.6) is 0 Å². The van der Waals surface area contributed by atoms with Crippen LogP contribution in [0.25, 0.3) is 0 Å². The van der Waals surface area contributed by atoms with Crippen LogP contribution >= 0.6 is 11.8 Å². The first-order chi connectivity index (χ1) is 13.7. The van der Waals surface area contributed by atoms with Gasteiger partial charge in [0.05, 0.1) is 17.0 Å². The second-order valence-corrected chi connectivity index (χ2v) is 6.89. The number of carbonyl (C=O) groups is 2. The zero-order valence-corrected chi connectivity index (χ0v) is 16.3. The number of aryl methyl sites for hydroxylation is 1. The molecule has 0 radical (unpaired) electrons. The summed E-state index contributed by atoms with van der Waals surface area (Å²) in [5.41, 5.74) is 1.91. The lowest BCUT2D eigenvalue weighted by Crippen LogP contribution is -2.25. The minimum absolute atomic E-state index is 0.179. The molecule has 7 nitrogen and oxygen atoms in total. The van der Waals surface area contributed by atoms with Crippen molar-refractivity contribution in [1.29, 1.82) is 0 Å². The van der Waals surface area contributed by atoms with E-state index in [1.165, 1.54) is 11.8 Å². The second-order valence-electron chi connectivity index (χ2n) is 5.95. The van der Waals surface area contributed by atoms with E-state index < -0.39 is 0 Å². The van der Waals surface area contributed by atoms with Gasteiger partial charge >= 0.3 is 0 Å². The van der Waals surface area contributed by atoms with Crippen molar-refractivity contribution in [1.82, 2.24) is 20.1 Å². The molecule has 2 aromatic carbocycles. The predicted molar refractivity (Wildman–Crippen MR) is 109 cm³/mol. The highest BCUT2D eigenvalue weighted by Gasteiger charge is 2.14. The molecule has 0 bridgehead atoms. The summed E-state index contributed by atoms with van der Waals surface area (Å²) >= 11 is 1.30. The lowest BCUT2D eigenvalue weighted by molar-refractivity contribution is -0.113. The van der Waals surface area contributed by atoms with Crippen molar-refractivity contribution in [2.24, 2.45) is 0 Å². The Kier molecular flexibility index (Phi) is 6.80.